The van der Waals surface area contributed by atoms with Crippen molar-refractivity contribution in [1.82, 2.24) is 9.97 Å². The first-order chi connectivity index (χ1) is 15.5. The third-order valence-electron chi connectivity index (χ3n) is 4.90. The zero-order valence-corrected chi connectivity index (χ0v) is 18.6. The first-order valence-electron chi connectivity index (χ1n) is 10.8. The third kappa shape index (κ3) is 7.06. The van der Waals surface area contributed by atoms with Crippen LogP contribution in [0.2, 0.25) is 0 Å². The van der Waals surface area contributed by atoms with E-state index in [1.54, 1.807) is 19.3 Å². The lowest BCUT2D eigenvalue weighted by Gasteiger charge is -2.32. The van der Waals surface area contributed by atoms with E-state index < -0.39 is 31.0 Å². The highest BCUT2D eigenvalue weighted by molar-refractivity contribution is 5.55. The second kappa shape index (κ2) is 11.7. The van der Waals surface area contributed by atoms with Crippen molar-refractivity contribution in [3.8, 4) is 17.1 Å². The molecule has 10 heteroatoms. The molecular formula is C23H28F6N2O2. The molecule has 0 bridgehead atoms. The van der Waals surface area contributed by atoms with Crippen LogP contribution in [0.25, 0.3) is 11.4 Å². The average molecular weight is 478 g/mol. The van der Waals surface area contributed by atoms with Gasteiger partial charge in [-0.25, -0.2) is 9.97 Å². The number of hydrogen-bond acceptors (Lipinski definition) is 4. The van der Waals surface area contributed by atoms with E-state index in [-0.39, 0.29) is 12.4 Å². The minimum absolute atomic E-state index is 0.184. The number of rotatable bonds is 14. The molecule has 0 unspecified atom stereocenters. The van der Waals surface area contributed by atoms with Gasteiger partial charge in [0, 0.05) is 24.6 Å². The molecule has 4 nitrogen and oxygen atoms in total. The van der Waals surface area contributed by atoms with Crippen LogP contribution in [0.5, 0.6) is 5.75 Å². The van der Waals surface area contributed by atoms with Gasteiger partial charge >= 0.3 is 17.8 Å². The van der Waals surface area contributed by atoms with Gasteiger partial charge in [-0.15, -0.1) is 0 Å². The van der Waals surface area contributed by atoms with E-state index in [4.69, 9.17) is 4.74 Å². The van der Waals surface area contributed by atoms with Crippen LogP contribution in [0.4, 0.5) is 26.3 Å². The van der Waals surface area contributed by atoms with Gasteiger partial charge in [0.1, 0.15) is 12.4 Å². The first-order valence-corrected chi connectivity index (χ1v) is 10.8. The first kappa shape index (κ1) is 26.9. The fourth-order valence-electron chi connectivity index (χ4n) is 2.78. The van der Waals surface area contributed by atoms with Gasteiger partial charge in [-0.2, -0.15) is 26.3 Å². The van der Waals surface area contributed by atoms with Crippen LogP contribution in [0.1, 0.15) is 45.1 Å². The Morgan fingerprint density at radius 1 is 0.788 bits per heavy atom. The summed E-state index contributed by atoms with van der Waals surface area (Å²) in [5.41, 5.74) is 1.54. The predicted octanol–water partition coefficient (Wildman–Crippen LogP) is 6.59. The van der Waals surface area contributed by atoms with E-state index >= 15 is 0 Å². The van der Waals surface area contributed by atoms with Gasteiger partial charge in [-0.3, -0.25) is 0 Å². The monoisotopic (exact) mass is 478 g/mol. The predicted molar refractivity (Wildman–Crippen MR) is 112 cm³/mol. The van der Waals surface area contributed by atoms with Crippen molar-refractivity contribution in [2.45, 2.75) is 63.7 Å². The molecule has 0 radical (unpaired) electrons. The second-order valence-corrected chi connectivity index (χ2v) is 7.72. The summed E-state index contributed by atoms with van der Waals surface area (Å²) in [7, 11) is 0. The van der Waals surface area contributed by atoms with Crippen molar-refractivity contribution in [2.24, 2.45) is 0 Å². The van der Waals surface area contributed by atoms with Gasteiger partial charge in [0.2, 0.25) is 0 Å². The van der Waals surface area contributed by atoms with E-state index in [9.17, 15) is 26.3 Å². The maximum Gasteiger partial charge on any atom is 0.377 e. The summed E-state index contributed by atoms with van der Waals surface area (Å²) in [6.45, 7) is -0.133. The highest BCUT2D eigenvalue weighted by Gasteiger charge is 2.71. The maximum atomic E-state index is 14.0. The zero-order valence-electron chi connectivity index (χ0n) is 18.6. The normalized spacial score (nSPS) is 12.7. The number of ether oxygens (including phenoxy) is 2. The fourth-order valence-corrected chi connectivity index (χ4v) is 2.78. The minimum Gasteiger partial charge on any atom is -0.487 e. The maximum absolute atomic E-state index is 14.0. The van der Waals surface area contributed by atoms with Gasteiger partial charge in [0.15, 0.2) is 12.4 Å². The van der Waals surface area contributed by atoms with Crippen molar-refractivity contribution in [1.29, 1.82) is 0 Å². The molecule has 0 atom stereocenters. The molecular weight excluding hydrogens is 450 g/mol. The summed E-state index contributed by atoms with van der Waals surface area (Å²) in [6.07, 6.45) is 7.22. The lowest BCUT2D eigenvalue weighted by Crippen LogP contribution is -2.58. The molecule has 0 saturated carbocycles. The molecule has 184 valence electrons. The number of aromatic nitrogens is 2. The highest BCUT2D eigenvalue weighted by atomic mass is 19.3. The smallest absolute Gasteiger partial charge is 0.377 e. The summed E-state index contributed by atoms with van der Waals surface area (Å²) < 4.78 is 92.5. The van der Waals surface area contributed by atoms with E-state index in [0.717, 1.165) is 24.8 Å². The molecule has 0 aliphatic rings. The summed E-state index contributed by atoms with van der Waals surface area (Å²) >= 11 is 0. The Morgan fingerprint density at radius 3 is 1.94 bits per heavy atom. The number of hydrogen-bond donors (Lipinski definition) is 0. The standard InChI is InChI=1S/C23H28F6N2O2/c1-3-5-7-17-13-30-20(31-14-17)18-8-10-19(11-9-18)33-16-22(26,27)23(28,29)21(24,25)15-32-12-6-4-2/h8-11,13-14H,3-7,12,15-16H2,1-2H3. The van der Waals surface area contributed by atoms with E-state index in [1.165, 1.54) is 24.3 Å². The molecule has 33 heavy (non-hydrogen) atoms. The van der Waals surface area contributed by atoms with Gasteiger partial charge in [-0.1, -0.05) is 26.7 Å². The topological polar surface area (TPSA) is 44.2 Å². The van der Waals surface area contributed by atoms with Crippen molar-refractivity contribution in [2.75, 3.05) is 19.8 Å². The van der Waals surface area contributed by atoms with Crippen LogP contribution < -0.4 is 4.74 Å². The van der Waals surface area contributed by atoms with E-state index in [1.807, 2.05) is 0 Å². The summed E-state index contributed by atoms with van der Waals surface area (Å²) in [5.74, 6) is -15.6. The lowest BCUT2D eigenvalue weighted by atomic mass is 10.1. The van der Waals surface area contributed by atoms with Gasteiger partial charge in [0.25, 0.3) is 0 Å². The van der Waals surface area contributed by atoms with Crippen LogP contribution in [0.3, 0.4) is 0 Å². The fraction of sp³-hybridized carbons (Fsp3) is 0.565. The van der Waals surface area contributed by atoms with Crippen LogP contribution in [-0.2, 0) is 11.2 Å². The van der Waals surface area contributed by atoms with E-state index in [2.05, 4.69) is 21.6 Å². The second-order valence-electron chi connectivity index (χ2n) is 7.72. The molecule has 0 saturated heterocycles. The van der Waals surface area contributed by atoms with Crippen molar-refractivity contribution < 1.29 is 35.8 Å². The lowest BCUT2D eigenvalue weighted by molar-refractivity contribution is -0.324. The molecule has 2 aromatic rings. The Labute approximate surface area is 189 Å². The SMILES string of the molecule is CCCCOCC(F)(F)C(F)(F)C(F)(F)COc1ccc(-c2ncc(CCCC)cn2)cc1. The summed E-state index contributed by atoms with van der Waals surface area (Å²) in [4.78, 5) is 8.49. The average Bonchev–Trinajstić information content (AvgIpc) is 2.79. The molecule has 2 rings (SSSR count). The number of nitrogens with zero attached hydrogens (tertiary/aromatic N) is 2. The largest absolute Gasteiger partial charge is 0.487 e. The zero-order chi connectivity index (χ0) is 24.5. The van der Waals surface area contributed by atoms with Crippen LogP contribution in [-0.4, -0.2) is 47.6 Å². The molecule has 1 heterocycles. The minimum atomic E-state index is -5.65. The Morgan fingerprint density at radius 2 is 1.36 bits per heavy atom. The Kier molecular flexibility index (Phi) is 9.51. The Hall–Kier alpha value is -2.36. The number of benzene rings is 1. The van der Waals surface area contributed by atoms with Crippen molar-refractivity contribution >= 4 is 0 Å². The molecule has 0 amide bonds. The van der Waals surface area contributed by atoms with Gasteiger partial charge in [0.05, 0.1) is 0 Å². The van der Waals surface area contributed by atoms with Crippen molar-refractivity contribution in [3.63, 3.8) is 0 Å². The molecule has 0 aliphatic heterocycles. The third-order valence-corrected chi connectivity index (χ3v) is 4.90. The van der Waals surface area contributed by atoms with Crippen LogP contribution in [0, 0.1) is 0 Å². The Balaban J connectivity index is 1.98. The van der Waals surface area contributed by atoms with Crippen LogP contribution >= 0.6 is 0 Å². The molecule has 0 N–H and O–H groups in total. The number of aryl methyl sites for hydroxylation is 1. The molecule has 0 aliphatic carbocycles. The van der Waals surface area contributed by atoms with Crippen molar-refractivity contribution in [3.05, 3.63) is 42.2 Å². The Bertz CT molecular complexity index is 845. The van der Waals surface area contributed by atoms with Gasteiger partial charge in [-0.05, 0) is 49.1 Å². The molecule has 0 spiro atoms. The van der Waals surface area contributed by atoms with E-state index in [0.29, 0.717) is 24.2 Å². The number of halogens is 6. The molecule has 1 aromatic carbocycles. The quantitative estimate of drug-likeness (QED) is 0.227. The summed E-state index contributed by atoms with van der Waals surface area (Å²) in [5, 5.41) is 0. The summed E-state index contributed by atoms with van der Waals surface area (Å²) in [6, 6.07) is 5.43. The molecule has 1 aromatic heterocycles. The molecule has 0 fully saturated rings. The number of unbranched alkanes of at least 4 members (excludes halogenated alkanes) is 2. The highest BCUT2D eigenvalue weighted by Crippen LogP contribution is 2.46. The van der Waals surface area contributed by atoms with Crippen LogP contribution in [0.15, 0.2) is 36.7 Å². The van der Waals surface area contributed by atoms with Gasteiger partial charge < -0.3 is 9.47 Å². The number of alkyl halides is 6.